The molecule has 37 heavy (non-hydrogen) atoms. The molecule has 1 saturated heterocycles. The normalized spacial score (nSPS) is 18.1. The van der Waals surface area contributed by atoms with E-state index in [1.165, 1.54) is 24.9 Å². The molecule has 0 spiro atoms. The first kappa shape index (κ1) is 26.3. The number of aryl methyl sites for hydroxylation is 1. The van der Waals surface area contributed by atoms with E-state index in [2.05, 4.69) is 22.6 Å². The van der Waals surface area contributed by atoms with Crippen LogP contribution < -0.4 is 5.32 Å². The number of methoxy groups -OCH3 is 1. The summed E-state index contributed by atoms with van der Waals surface area (Å²) in [6.07, 6.45) is -1.65. The minimum absolute atomic E-state index is 0.0290. The van der Waals surface area contributed by atoms with Crippen LogP contribution in [0.2, 0.25) is 0 Å². The molecule has 0 unspecified atom stereocenters. The van der Waals surface area contributed by atoms with Crippen LogP contribution in [0.1, 0.15) is 52.1 Å². The summed E-state index contributed by atoms with van der Waals surface area (Å²) in [5.74, 6) is -0.897. The van der Waals surface area contributed by atoms with E-state index in [9.17, 15) is 22.8 Å². The van der Waals surface area contributed by atoms with Crippen LogP contribution in [0.5, 0.6) is 0 Å². The third-order valence-electron chi connectivity index (χ3n) is 6.50. The van der Waals surface area contributed by atoms with E-state index in [1.807, 2.05) is 29.2 Å². The quantitative estimate of drug-likeness (QED) is 0.460. The number of halogens is 3. The molecular weight excluding hydrogens is 487 g/mol. The van der Waals surface area contributed by atoms with Crippen LogP contribution in [0, 0.1) is 0 Å². The zero-order valence-corrected chi connectivity index (χ0v) is 20.5. The lowest BCUT2D eigenvalue weighted by atomic mass is 10.1. The molecule has 1 amide bonds. The van der Waals surface area contributed by atoms with Crippen LogP contribution in [-0.2, 0) is 35.2 Å². The minimum Gasteiger partial charge on any atom is -0.464 e. The molecular formula is C26H28F3N5O3. The van der Waals surface area contributed by atoms with Crippen molar-refractivity contribution in [2.75, 3.05) is 13.7 Å². The van der Waals surface area contributed by atoms with Crippen molar-refractivity contribution < 1.29 is 27.5 Å². The van der Waals surface area contributed by atoms with Gasteiger partial charge in [-0.25, -0.2) is 9.48 Å². The number of nitrogens with zero attached hydrogens (tertiary/aromatic N) is 4. The highest BCUT2D eigenvalue weighted by atomic mass is 19.4. The van der Waals surface area contributed by atoms with Crippen molar-refractivity contribution >= 4 is 11.9 Å². The Morgan fingerprint density at radius 2 is 1.84 bits per heavy atom. The number of carbonyl (C=O) groups is 2. The van der Waals surface area contributed by atoms with Gasteiger partial charge in [0.25, 0.3) is 0 Å². The predicted octanol–water partition coefficient (Wildman–Crippen LogP) is 3.78. The highest BCUT2D eigenvalue weighted by Gasteiger charge is 2.38. The van der Waals surface area contributed by atoms with Gasteiger partial charge in [0.1, 0.15) is 0 Å². The fourth-order valence-electron chi connectivity index (χ4n) is 4.45. The molecule has 0 aliphatic carbocycles. The predicted molar refractivity (Wildman–Crippen MR) is 128 cm³/mol. The Balaban J connectivity index is 1.50. The van der Waals surface area contributed by atoms with Gasteiger partial charge < -0.3 is 10.1 Å². The first-order valence-electron chi connectivity index (χ1n) is 11.9. The van der Waals surface area contributed by atoms with Crippen LogP contribution >= 0.6 is 0 Å². The van der Waals surface area contributed by atoms with E-state index in [-0.39, 0.29) is 24.2 Å². The molecule has 2 heterocycles. The van der Waals surface area contributed by atoms with E-state index in [4.69, 9.17) is 4.74 Å². The van der Waals surface area contributed by atoms with E-state index in [0.717, 1.165) is 24.1 Å². The maximum atomic E-state index is 13.2. The second-order valence-electron chi connectivity index (χ2n) is 9.00. The molecule has 196 valence electrons. The average Bonchev–Trinajstić information content (AvgIpc) is 3.55. The van der Waals surface area contributed by atoms with Crippen molar-refractivity contribution in [3.63, 3.8) is 0 Å². The average molecular weight is 516 g/mol. The van der Waals surface area contributed by atoms with Gasteiger partial charge in [-0.1, -0.05) is 48.5 Å². The Morgan fingerprint density at radius 3 is 2.51 bits per heavy atom. The van der Waals surface area contributed by atoms with Crippen molar-refractivity contribution in [1.29, 1.82) is 0 Å². The largest absolute Gasteiger partial charge is 0.464 e. The Kier molecular flexibility index (Phi) is 7.91. The number of aromatic nitrogens is 3. The van der Waals surface area contributed by atoms with Gasteiger partial charge in [-0.05, 0) is 41.7 Å². The molecule has 1 N–H and O–H groups in total. The lowest BCUT2D eigenvalue weighted by Crippen LogP contribution is -2.42. The van der Waals surface area contributed by atoms with Crippen molar-refractivity contribution in [2.24, 2.45) is 0 Å². The topological polar surface area (TPSA) is 89.3 Å². The summed E-state index contributed by atoms with van der Waals surface area (Å²) >= 11 is 0. The summed E-state index contributed by atoms with van der Waals surface area (Å²) < 4.78 is 45.4. The van der Waals surface area contributed by atoms with Crippen molar-refractivity contribution in [1.82, 2.24) is 25.2 Å². The molecule has 11 heteroatoms. The van der Waals surface area contributed by atoms with Gasteiger partial charge in [-0.15, -0.1) is 5.10 Å². The lowest BCUT2D eigenvalue weighted by Gasteiger charge is -2.23. The molecule has 8 nitrogen and oxygen atoms in total. The van der Waals surface area contributed by atoms with Gasteiger partial charge in [0.15, 0.2) is 5.69 Å². The molecule has 2 aromatic carbocycles. The van der Waals surface area contributed by atoms with Crippen LogP contribution in [-0.4, -0.2) is 51.5 Å². The zero-order valence-electron chi connectivity index (χ0n) is 20.5. The number of hydrogen-bond acceptors (Lipinski definition) is 6. The van der Waals surface area contributed by atoms with Gasteiger partial charge in [-0.3, -0.25) is 9.69 Å². The number of alkyl halides is 3. The fourth-order valence-corrected chi connectivity index (χ4v) is 4.45. The maximum Gasteiger partial charge on any atom is 0.416 e. The smallest absolute Gasteiger partial charge is 0.416 e. The molecule has 0 saturated carbocycles. The van der Waals surface area contributed by atoms with Gasteiger partial charge >= 0.3 is 12.1 Å². The van der Waals surface area contributed by atoms with E-state index in [1.54, 1.807) is 10.7 Å². The molecule has 1 aliphatic heterocycles. The van der Waals surface area contributed by atoms with E-state index < -0.39 is 23.8 Å². The maximum absolute atomic E-state index is 13.2. The van der Waals surface area contributed by atoms with Crippen molar-refractivity contribution in [2.45, 2.75) is 51.1 Å². The number of ether oxygens (including phenoxy) is 1. The van der Waals surface area contributed by atoms with Gasteiger partial charge in [0.05, 0.1) is 31.0 Å². The molecule has 1 fully saturated rings. The third kappa shape index (κ3) is 6.34. The number of hydrogen-bond donors (Lipinski definition) is 1. The molecule has 2 atom stereocenters. The summed E-state index contributed by atoms with van der Waals surface area (Å²) in [5, 5.41) is 10.7. The van der Waals surface area contributed by atoms with Crippen LogP contribution in [0.25, 0.3) is 0 Å². The molecule has 0 radical (unpaired) electrons. The second-order valence-corrected chi connectivity index (χ2v) is 9.00. The SMILES string of the molecule is CCc1ccc(CN2C[C@H](n3cc(C(=O)OC)nn3)C[C@H]2C(=O)NCc2cccc(C(F)(F)F)c2)cc1. The first-order valence-corrected chi connectivity index (χ1v) is 11.9. The molecule has 4 rings (SSSR count). The highest BCUT2D eigenvalue weighted by molar-refractivity contribution is 5.86. The Morgan fingerprint density at radius 1 is 1.11 bits per heavy atom. The van der Waals surface area contributed by atoms with Crippen LogP contribution in [0.15, 0.2) is 54.7 Å². The molecule has 3 aromatic rings. The van der Waals surface area contributed by atoms with Gasteiger partial charge in [-0.2, -0.15) is 13.2 Å². The highest BCUT2D eigenvalue weighted by Crippen LogP contribution is 2.31. The van der Waals surface area contributed by atoms with Crippen LogP contribution in [0.3, 0.4) is 0 Å². The lowest BCUT2D eigenvalue weighted by molar-refractivity contribution is -0.137. The second kappa shape index (κ2) is 11.1. The number of esters is 1. The number of nitrogens with one attached hydrogen (secondary N) is 1. The van der Waals surface area contributed by atoms with Crippen molar-refractivity contribution in [3.05, 3.63) is 82.7 Å². The number of rotatable bonds is 8. The fraction of sp³-hybridized carbons (Fsp3) is 0.385. The van der Waals surface area contributed by atoms with Crippen LogP contribution in [0.4, 0.5) is 13.2 Å². The Labute approximate surface area is 212 Å². The van der Waals surface area contributed by atoms with E-state index in [0.29, 0.717) is 25.1 Å². The summed E-state index contributed by atoms with van der Waals surface area (Å²) in [4.78, 5) is 27.0. The van der Waals surface area contributed by atoms with Crippen molar-refractivity contribution in [3.8, 4) is 0 Å². The first-order chi connectivity index (χ1) is 17.7. The number of amides is 1. The summed E-state index contributed by atoms with van der Waals surface area (Å²) in [6.45, 7) is 3.02. The van der Waals surface area contributed by atoms with Gasteiger partial charge in [0, 0.05) is 19.6 Å². The number of likely N-dealkylation sites (tertiary alicyclic amines) is 1. The standard InChI is InChI=1S/C26H28F3N5O3/c1-3-17-7-9-18(10-8-17)14-33-15-21(34-16-22(31-32-34)25(36)37-2)12-23(33)24(35)30-13-19-5-4-6-20(11-19)26(27,28)29/h4-11,16,21,23H,3,12-15H2,1-2H3,(H,30,35)/t21-,23+/m1/s1. The summed E-state index contributed by atoms with van der Waals surface area (Å²) in [6, 6.07) is 12.3. The molecule has 1 aromatic heterocycles. The number of benzene rings is 2. The number of carbonyl (C=O) groups excluding carboxylic acids is 2. The summed E-state index contributed by atoms with van der Waals surface area (Å²) in [7, 11) is 1.26. The Hall–Kier alpha value is -3.73. The zero-order chi connectivity index (χ0) is 26.6. The Bertz CT molecular complexity index is 1240. The molecule has 1 aliphatic rings. The molecule has 0 bridgehead atoms. The van der Waals surface area contributed by atoms with E-state index >= 15 is 0 Å². The monoisotopic (exact) mass is 515 g/mol. The minimum atomic E-state index is -4.45. The van der Waals surface area contributed by atoms with Gasteiger partial charge in [0.2, 0.25) is 5.91 Å². The summed E-state index contributed by atoms with van der Waals surface area (Å²) in [5.41, 5.74) is 1.91. The third-order valence-corrected chi connectivity index (χ3v) is 6.50.